The Bertz CT molecular complexity index is 1590. The van der Waals surface area contributed by atoms with Crippen LogP contribution in [-0.2, 0) is 16.0 Å². The quantitative estimate of drug-likeness (QED) is 0.207. The number of hydrogen-bond donors (Lipinski definition) is 1. The second kappa shape index (κ2) is 12.3. The van der Waals surface area contributed by atoms with Gasteiger partial charge in [-0.15, -0.1) is 18.3 Å². The number of alkyl halides is 3. The summed E-state index contributed by atoms with van der Waals surface area (Å²) in [6, 6.07) is 17.0. The SMILES string of the molecule is Cc1ccc(F)c(N2C(=O)CS/C2=N\C(O)OCCc2ccc(-c3ncn(-c4ccc(OC(F)(F)F)cc4)n3)cc2)c1. The molecular weight excluding hydrogens is 578 g/mol. The van der Waals surface area contributed by atoms with Crippen molar-refractivity contribution < 1.29 is 36.9 Å². The maximum Gasteiger partial charge on any atom is 0.573 e. The van der Waals surface area contributed by atoms with Crippen LogP contribution in [0.4, 0.5) is 23.2 Å². The van der Waals surface area contributed by atoms with Gasteiger partial charge < -0.3 is 14.6 Å². The fourth-order valence-electron chi connectivity index (χ4n) is 4.04. The lowest BCUT2D eigenvalue weighted by atomic mass is 10.1. The molecule has 1 aromatic heterocycles. The maximum absolute atomic E-state index is 14.4. The first-order valence-electron chi connectivity index (χ1n) is 12.5. The summed E-state index contributed by atoms with van der Waals surface area (Å²) in [7, 11) is 0. The van der Waals surface area contributed by atoms with E-state index in [1.54, 1.807) is 31.2 Å². The number of amidine groups is 1. The molecule has 0 bridgehead atoms. The van der Waals surface area contributed by atoms with E-state index in [9.17, 15) is 27.5 Å². The molecule has 1 unspecified atom stereocenters. The third-order valence-electron chi connectivity index (χ3n) is 6.03. The van der Waals surface area contributed by atoms with Crippen LogP contribution in [0.15, 0.2) is 78.0 Å². The molecular formula is C28H23F4N5O4S. The van der Waals surface area contributed by atoms with E-state index in [0.717, 1.165) is 27.8 Å². The highest BCUT2D eigenvalue weighted by molar-refractivity contribution is 8.15. The summed E-state index contributed by atoms with van der Waals surface area (Å²) in [5.74, 6) is -0.764. The molecule has 2 heterocycles. The predicted molar refractivity (Wildman–Crippen MR) is 148 cm³/mol. The molecule has 1 atom stereocenters. The molecule has 5 rings (SSSR count). The Morgan fingerprint density at radius 3 is 2.55 bits per heavy atom. The van der Waals surface area contributed by atoms with Crippen LogP contribution in [0.1, 0.15) is 11.1 Å². The van der Waals surface area contributed by atoms with Gasteiger partial charge in [0.05, 0.1) is 23.7 Å². The smallest absolute Gasteiger partial charge is 0.406 e. The topological polar surface area (TPSA) is 102 Å². The first-order valence-corrected chi connectivity index (χ1v) is 13.5. The fraction of sp³-hybridized carbons (Fsp3) is 0.214. The fourth-order valence-corrected chi connectivity index (χ4v) is 4.92. The molecule has 1 aliphatic heterocycles. The maximum atomic E-state index is 14.4. The number of benzene rings is 3. The highest BCUT2D eigenvalue weighted by atomic mass is 32.2. The van der Waals surface area contributed by atoms with Crippen LogP contribution in [0.3, 0.4) is 0 Å². The lowest BCUT2D eigenvalue weighted by Gasteiger charge is -2.18. The van der Waals surface area contributed by atoms with E-state index in [4.69, 9.17) is 4.74 Å². The van der Waals surface area contributed by atoms with Crippen molar-refractivity contribution in [3.63, 3.8) is 0 Å². The standard InChI is InChI=1S/C28H23F4N5O4S/c1-17-2-11-22(29)23(14-17)37-24(38)15-42-26(37)34-27(39)40-13-12-18-3-5-19(6-4-18)25-33-16-36(35-25)20-7-9-21(10-8-20)41-28(30,31)32/h2-11,14,16,27,39H,12-13,15H2,1H3/b34-26-. The van der Waals surface area contributed by atoms with Crippen LogP contribution in [0.25, 0.3) is 17.1 Å². The number of amides is 1. The molecule has 1 fully saturated rings. The van der Waals surface area contributed by atoms with Crippen molar-refractivity contribution in [2.45, 2.75) is 26.1 Å². The van der Waals surface area contributed by atoms with Crippen molar-refractivity contribution >= 4 is 28.5 Å². The van der Waals surface area contributed by atoms with E-state index in [1.165, 1.54) is 41.3 Å². The van der Waals surface area contributed by atoms with Crippen LogP contribution in [-0.4, -0.2) is 56.1 Å². The number of nitrogens with zero attached hydrogens (tertiary/aromatic N) is 5. The Morgan fingerprint density at radius 2 is 1.83 bits per heavy atom. The van der Waals surface area contributed by atoms with E-state index in [2.05, 4.69) is 19.8 Å². The summed E-state index contributed by atoms with van der Waals surface area (Å²) in [5, 5.41) is 14.8. The largest absolute Gasteiger partial charge is 0.573 e. The number of carbonyl (C=O) groups excluding carboxylic acids is 1. The minimum absolute atomic E-state index is 0.0710. The second-order valence-corrected chi connectivity index (χ2v) is 10.0. The number of halogens is 4. The van der Waals surface area contributed by atoms with Crippen LogP contribution in [0.2, 0.25) is 0 Å². The molecule has 0 spiro atoms. The van der Waals surface area contributed by atoms with Gasteiger partial charge in [0, 0.05) is 5.56 Å². The van der Waals surface area contributed by atoms with Crippen molar-refractivity contribution in [3.05, 3.63) is 90.0 Å². The molecule has 1 aliphatic rings. The number of aliphatic hydroxyl groups is 1. The molecule has 42 heavy (non-hydrogen) atoms. The number of hydrogen-bond acceptors (Lipinski definition) is 8. The second-order valence-electron chi connectivity index (χ2n) is 9.08. The number of ether oxygens (including phenoxy) is 2. The first kappa shape index (κ1) is 29.2. The van der Waals surface area contributed by atoms with Crippen molar-refractivity contribution in [1.29, 1.82) is 0 Å². The zero-order valence-corrected chi connectivity index (χ0v) is 22.8. The number of thioether (sulfide) groups is 1. The van der Waals surface area contributed by atoms with Gasteiger partial charge in [-0.2, -0.15) is 0 Å². The lowest BCUT2D eigenvalue weighted by molar-refractivity contribution is -0.274. The van der Waals surface area contributed by atoms with Crippen molar-refractivity contribution in [3.8, 4) is 22.8 Å². The zero-order chi connectivity index (χ0) is 29.9. The van der Waals surface area contributed by atoms with Crippen LogP contribution < -0.4 is 9.64 Å². The van der Waals surface area contributed by atoms with Crippen LogP contribution in [0.5, 0.6) is 5.75 Å². The number of carbonyl (C=O) groups is 1. The predicted octanol–water partition coefficient (Wildman–Crippen LogP) is 5.25. The third kappa shape index (κ3) is 7.13. The summed E-state index contributed by atoms with van der Waals surface area (Å²) in [6.45, 7) is 1.90. The molecule has 0 aliphatic carbocycles. The summed E-state index contributed by atoms with van der Waals surface area (Å²) in [6.07, 6.45) is -4.42. The van der Waals surface area contributed by atoms with Gasteiger partial charge in [-0.1, -0.05) is 42.1 Å². The van der Waals surface area contributed by atoms with Gasteiger partial charge in [-0.25, -0.2) is 19.0 Å². The zero-order valence-electron chi connectivity index (χ0n) is 22.0. The Balaban J connectivity index is 1.16. The number of aryl methyl sites for hydroxylation is 1. The highest BCUT2D eigenvalue weighted by Gasteiger charge is 2.32. The Kier molecular flexibility index (Phi) is 8.56. The molecule has 9 nitrogen and oxygen atoms in total. The number of aliphatic hydroxyl groups excluding tert-OH is 1. The number of rotatable bonds is 9. The molecule has 1 saturated heterocycles. The van der Waals surface area contributed by atoms with Gasteiger partial charge in [-0.3, -0.25) is 9.69 Å². The van der Waals surface area contributed by atoms with E-state index in [1.807, 2.05) is 12.1 Å². The molecule has 4 aromatic rings. The molecule has 0 radical (unpaired) electrons. The molecule has 1 N–H and O–H groups in total. The summed E-state index contributed by atoms with van der Waals surface area (Å²) in [5.41, 5.74) is 2.96. The molecule has 3 aromatic carbocycles. The summed E-state index contributed by atoms with van der Waals surface area (Å²) < 4.78 is 62.2. The highest BCUT2D eigenvalue weighted by Crippen LogP contribution is 2.30. The minimum atomic E-state index is -4.77. The van der Waals surface area contributed by atoms with E-state index in [0.29, 0.717) is 23.5 Å². The molecule has 1 amide bonds. The summed E-state index contributed by atoms with van der Waals surface area (Å²) >= 11 is 1.09. The van der Waals surface area contributed by atoms with E-state index < -0.39 is 18.6 Å². The van der Waals surface area contributed by atoms with E-state index >= 15 is 0 Å². The van der Waals surface area contributed by atoms with Gasteiger partial charge in [0.25, 0.3) is 6.41 Å². The Labute approximate surface area is 241 Å². The monoisotopic (exact) mass is 601 g/mol. The number of aliphatic imine (C=N–C) groups is 1. The van der Waals surface area contributed by atoms with E-state index in [-0.39, 0.29) is 34.9 Å². The third-order valence-corrected chi connectivity index (χ3v) is 6.96. The van der Waals surface area contributed by atoms with Gasteiger partial charge in [0.1, 0.15) is 17.9 Å². The Morgan fingerprint density at radius 1 is 1.10 bits per heavy atom. The number of aromatic nitrogens is 3. The first-order chi connectivity index (χ1) is 20.1. The van der Waals surface area contributed by atoms with Crippen molar-refractivity contribution in [2.24, 2.45) is 4.99 Å². The normalized spacial score (nSPS) is 15.4. The molecule has 0 saturated carbocycles. The van der Waals surface area contributed by atoms with Crippen LogP contribution >= 0.6 is 11.8 Å². The molecule has 218 valence electrons. The van der Waals surface area contributed by atoms with Gasteiger partial charge >= 0.3 is 6.36 Å². The van der Waals surface area contributed by atoms with Crippen LogP contribution in [0, 0.1) is 12.7 Å². The summed E-state index contributed by atoms with van der Waals surface area (Å²) in [4.78, 5) is 21.8. The Hall–Kier alpha value is -4.27. The average molecular weight is 602 g/mol. The minimum Gasteiger partial charge on any atom is -0.406 e. The molecule has 14 heteroatoms. The van der Waals surface area contributed by atoms with Gasteiger partial charge in [0.15, 0.2) is 11.0 Å². The lowest BCUT2D eigenvalue weighted by Crippen LogP contribution is -2.31. The number of anilines is 1. The van der Waals surface area contributed by atoms with Crippen molar-refractivity contribution in [1.82, 2.24) is 14.8 Å². The van der Waals surface area contributed by atoms with Gasteiger partial charge in [-0.05, 0) is 60.9 Å². The average Bonchev–Trinajstić information content (AvgIpc) is 3.57. The van der Waals surface area contributed by atoms with Crippen molar-refractivity contribution in [2.75, 3.05) is 17.3 Å². The van der Waals surface area contributed by atoms with Gasteiger partial charge in [0.2, 0.25) is 5.91 Å².